The van der Waals surface area contributed by atoms with Gasteiger partial charge in [0.25, 0.3) is 0 Å². The number of benzene rings is 1. The van der Waals surface area contributed by atoms with Gasteiger partial charge in [0.05, 0.1) is 11.9 Å². The van der Waals surface area contributed by atoms with E-state index in [1.165, 1.54) is 0 Å². The molecule has 0 amide bonds. The van der Waals surface area contributed by atoms with E-state index in [4.69, 9.17) is 0 Å². The van der Waals surface area contributed by atoms with Crippen LogP contribution >= 0.6 is 0 Å². The molecule has 19 heavy (non-hydrogen) atoms. The zero-order valence-corrected chi connectivity index (χ0v) is 11.5. The van der Waals surface area contributed by atoms with E-state index in [0.29, 0.717) is 5.69 Å². The molecule has 5 nitrogen and oxygen atoms in total. The van der Waals surface area contributed by atoms with E-state index in [1.807, 2.05) is 24.3 Å². The maximum absolute atomic E-state index is 11.2. The van der Waals surface area contributed by atoms with Crippen LogP contribution in [-0.4, -0.2) is 26.7 Å². The van der Waals surface area contributed by atoms with Crippen LogP contribution in [0.2, 0.25) is 0 Å². The highest BCUT2D eigenvalue weighted by Crippen LogP contribution is 2.22. The average molecular weight is 277 g/mol. The van der Waals surface area contributed by atoms with Crippen molar-refractivity contribution in [1.29, 1.82) is 0 Å². The van der Waals surface area contributed by atoms with Gasteiger partial charge < -0.3 is 5.32 Å². The molecule has 6 heteroatoms. The van der Waals surface area contributed by atoms with Gasteiger partial charge in [0.15, 0.2) is 0 Å². The summed E-state index contributed by atoms with van der Waals surface area (Å²) in [6.07, 6.45) is 1.12. The lowest BCUT2D eigenvalue weighted by Gasteiger charge is -2.07. The van der Waals surface area contributed by atoms with Crippen LogP contribution < -0.4 is 10.0 Å². The van der Waals surface area contributed by atoms with E-state index in [9.17, 15) is 8.42 Å². The predicted molar refractivity (Wildman–Crippen MR) is 77.7 cm³/mol. The Labute approximate surface area is 112 Å². The van der Waals surface area contributed by atoms with Crippen LogP contribution in [0.25, 0.3) is 11.3 Å². The molecule has 1 aromatic heterocycles. The highest BCUT2D eigenvalue weighted by atomic mass is 32.2. The monoisotopic (exact) mass is 277 g/mol. The quantitative estimate of drug-likeness (QED) is 0.898. The fraction of sp³-hybridized carbons (Fsp3) is 0.154. The summed E-state index contributed by atoms with van der Waals surface area (Å²) in [5, 5.41) is 2.97. The molecule has 1 heterocycles. The highest BCUT2D eigenvalue weighted by molar-refractivity contribution is 7.92. The minimum absolute atomic E-state index is 0.525. The van der Waals surface area contributed by atoms with Gasteiger partial charge in [-0.2, -0.15) is 0 Å². The number of nitrogens with one attached hydrogen (secondary N) is 2. The van der Waals surface area contributed by atoms with Gasteiger partial charge in [-0.15, -0.1) is 0 Å². The van der Waals surface area contributed by atoms with Gasteiger partial charge in [-0.1, -0.05) is 18.2 Å². The van der Waals surface area contributed by atoms with Crippen LogP contribution in [0.4, 0.5) is 11.5 Å². The lowest BCUT2D eigenvalue weighted by Crippen LogP contribution is -2.09. The van der Waals surface area contributed by atoms with Crippen LogP contribution in [0.1, 0.15) is 0 Å². The molecule has 0 aliphatic carbocycles. The third-order valence-corrected chi connectivity index (χ3v) is 3.07. The zero-order valence-electron chi connectivity index (χ0n) is 10.7. The summed E-state index contributed by atoms with van der Waals surface area (Å²) in [6.45, 7) is 0. The smallest absolute Gasteiger partial charge is 0.229 e. The third kappa shape index (κ3) is 3.69. The van der Waals surface area contributed by atoms with E-state index in [2.05, 4.69) is 15.0 Å². The molecule has 100 valence electrons. The Morgan fingerprint density at radius 2 is 1.84 bits per heavy atom. The van der Waals surface area contributed by atoms with Crippen LogP contribution in [-0.2, 0) is 10.0 Å². The summed E-state index contributed by atoms with van der Waals surface area (Å²) in [5.74, 6) is 0.763. The Bertz CT molecular complexity index is 684. The molecule has 0 aliphatic rings. The number of rotatable bonds is 4. The van der Waals surface area contributed by atoms with Gasteiger partial charge in [0.1, 0.15) is 5.82 Å². The summed E-state index contributed by atoms with van der Waals surface area (Å²) in [5.41, 5.74) is 2.16. The number of sulfonamides is 1. The second-order valence-electron chi connectivity index (χ2n) is 4.11. The Balaban J connectivity index is 2.37. The van der Waals surface area contributed by atoms with Crippen molar-refractivity contribution in [3.63, 3.8) is 0 Å². The molecule has 2 aromatic rings. The van der Waals surface area contributed by atoms with E-state index < -0.39 is 10.0 Å². The van der Waals surface area contributed by atoms with Crippen molar-refractivity contribution < 1.29 is 8.42 Å². The van der Waals surface area contributed by atoms with Crippen molar-refractivity contribution in [3.8, 4) is 11.3 Å². The minimum Gasteiger partial charge on any atom is -0.373 e. The van der Waals surface area contributed by atoms with Crippen LogP contribution in [0.3, 0.4) is 0 Å². The van der Waals surface area contributed by atoms with E-state index in [0.717, 1.165) is 23.3 Å². The first-order valence-electron chi connectivity index (χ1n) is 5.71. The molecule has 0 atom stereocenters. The lowest BCUT2D eigenvalue weighted by molar-refractivity contribution is 0.607. The third-order valence-electron chi connectivity index (χ3n) is 2.47. The lowest BCUT2D eigenvalue weighted by atomic mass is 10.1. The average Bonchev–Trinajstić information content (AvgIpc) is 2.37. The summed E-state index contributed by atoms with van der Waals surface area (Å²) in [6, 6.07) is 12.8. The van der Waals surface area contributed by atoms with Gasteiger partial charge in [0.2, 0.25) is 10.0 Å². The van der Waals surface area contributed by atoms with Crippen molar-refractivity contribution in [2.24, 2.45) is 0 Å². The van der Waals surface area contributed by atoms with Crippen molar-refractivity contribution in [1.82, 2.24) is 4.98 Å². The number of anilines is 2. The van der Waals surface area contributed by atoms with Crippen molar-refractivity contribution in [2.75, 3.05) is 23.3 Å². The molecule has 0 aliphatic heterocycles. The highest BCUT2D eigenvalue weighted by Gasteiger charge is 2.05. The zero-order chi connectivity index (χ0) is 13.9. The van der Waals surface area contributed by atoms with Gasteiger partial charge >= 0.3 is 0 Å². The van der Waals surface area contributed by atoms with Gasteiger partial charge in [-0.25, -0.2) is 13.4 Å². The molecule has 0 saturated carbocycles. The molecular weight excluding hydrogens is 262 g/mol. The summed E-state index contributed by atoms with van der Waals surface area (Å²) < 4.78 is 24.9. The largest absolute Gasteiger partial charge is 0.373 e. The standard InChI is InChI=1S/C13H15N3O2S/c1-14-13-8-4-7-12(15-13)10-5-3-6-11(9-10)16-19(2,17)18/h3-9,16H,1-2H3,(H,14,15). The summed E-state index contributed by atoms with van der Waals surface area (Å²) in [7, 11) is -1.47. The van der Waals surface area contributed by atoms with E-state index >= 15 is 0 Å². The number of pyridine rings is 1. The Morgan fingerprint density at radius 3 is 2.53 bits per heavy atom. The Hall–Kier alpha value is -2.08. The molecule has 0 saturated heterocycles. The Kier molecular flexibility index (Phi) is 3.71. The van der Waals surface area contributed by atoms with E-state index in [1.54, 1.807) is 25.2 Å². The summed E-state index contributed by atoms with van der Waals surface area (Å²) >= 11 is 0. The van der Waals surface area contributed by atoms with Crippen LogP contribution in [0.15, 0.2) is 42.5 Å². The van der Waals surface area contributed by atoms with E-state index in [-0.39, 0.29) is 0 Å². The molecular formula is C13H15N3O2S. The number of hydrogen-bond donors (Lipinski definition) is 2. The van der Waals surface area contributed by atoms with Gasteiger partial charge in [-0.3, -0.25) is 4.72 Å². The molecule has 0 spiro atoms. The molecule has 2 N–H and O–H groups in total. The molecule has 0 fully saturated rings. The molecule has 0 radical (unpaired) electrons. The Morgan fingerprint density at radius 1 is 1.11 bits per heavy atom. The van der Waals surface area contributed by atoms with Crippen molar-refractivity contribution in [3.05, 3.63) is 42.5 Å². The maximum Gasteiger partial charge on any atom is 0.229 e. The molecule has 2 rings (SSSR count). The fourth-order valence-corrected chi connectivity index (χ4v) is 2.25. The summed E-state index contributed by atoms with van der Waals surface area (Å²) in [4.78, 5) is 4.41. The molecule has 0 unspecified atom stereocenters. The van der Waals surface area contributed by atoms with Gasteiger partial charge in [-0.05, 0) is 24.3 Å². The second kappa shape index (κ2) is 5.27. The topological polar surface area (TPSA) is 71.1 Å². The van der Waals surface area contributed by atoms with Gasteiger partial charge in [0, 0.05) is 18.3 Å². The first-order valence-corrected chi connectivity index (χ1v) is 7.60. The number of aromatic nitrogens is 1. The van der Waals surface area contributed by atoms with Crippen molar-refractivity contribution in [2.45, 2.75) is 0 Å². The maximum atomic E-state index is 11.2. The normalized spacial score (nSPS) is 11.1. The number of hydrogen-bond acceptors (Lipinski definition) is 4. The van der Waals surface area contributed by atoms with Crippen LogP contribution in [0.5, 0.6) is 0 Å². The predicted octanol–water partition coefficient (Wildman–Crippen LogP) is 2.16. The molecule has 1 aromatic carbocycles. The number of nitrogens with zero attached hydrogens (tertiary/aromatic N) is 1. The van der Waals surface area contributed by atoms with Crippen LogP contribution in [0, 0.1) is 0 Å². The first kappa shape index (κ1) is 13.4. The second-order valence-corrected chi connectivity index (χ2v) is 5.86. The minimum atomic E-state index is -3.27. The SMILES string of the molecule is CNc1cccc(-c2cccc(NS(C)(=O)=O)c2)n1. The fourth-order valence-electron chi connectivity index (χ4n) is 1.69. The first-order chi connectivity index (χ1) is 8.98. The van der Waals surface area contributed by atoms with Crippen molar-refractivity contribution >= 4 is 21.5 Å². The molecule has 0 bridgehead atoms.